The van der Waals surface area contributed by atoms with Crippen molar-refractivity contribution in [1.82, 2.24) is 10.3 Å². The van der Waals surface area contributed by atoms with Crippen molar-refractivity contribution in [2.45, 2.75) is 12.8 Å². The van der Waals surface area contributed by atoms with Crippen LogP contribution in [0, 0.1) is 0 Å². The highest BCUT2D eigenvalue weighted by molar-refractivity contribution is 6.06. The Kier molecular flexibility index (Phi) is 3.58. The van der Waals surface area contributed by atoms with Crippen LogP contribution in [0.25, 0.3) is 10.9 Å². The number of carbonyl (C=O) groups excluding carboxylic acids is 1. The Hall–Kier alpha value is -1.94. The highest BCUT2D eigenvalue weighted by atomic mass is 16.1. The number of pyridine rings is 1. The molecule has 18 heavy (non-hydrogen) atoms. The lowest BCUT2D eigenvalue weighted by Gasteiger charge is -2.13. The number of fused-ring (bicyclic) bond motifs is 1. The van der Waals surface area contributed by atoms with Crippen molar-refractivity contribution in [2.75, 3.05) is 13.6 Å². The molecular formula is C14H17N3O. The standard InChI is InChI=1S/C14H17N3O/c1-9(8-15)10-4-3-5-11-12(14(18)16-2)6-7-17-13(10)11/h3-7,9H,8,15H2,1-2H3,(H,16,18)/t9-/m1/s1. The predicted octanol–water partition coefficient (Wildman–Crippen LogP) is 1.66. The average Bonchev–Trinajstić information content (AvgIpc) is 2.44. The van der Waals surface area contributed by atoms with Crippen LogP contribution < -0.4 is 11.1 Å². The smallest absolute Gasteiger partial charge is 0.251 e. The molecule has 0 unspecified atom stereocenters. The summed E-state index contributed by atoms with van der Waals surface area (Å²) in [4.78, 5) is 16.2. The minimum Gasteiger partial charge on any atom is -0.355 e. The van der Waals surface area contributed by atoms with E-state index in [4.69, 9.17) is 5.73 Å². The number of nitrogens with zero attached hydrogens (tertiary/aromatic N) is 1. The topological polar surface area (TPSA) is 68.0 Å². The van der Waals surface area contributed by atoms with Gasteiger partial charge in [0.1, 0.15) is 0 Å². The van der Waals surface area contributed by atoms with Crippen LogP contribution in [0.5, 0.6) is 0 Å². The molecule has 0 aliphatic rings. The van der Waals surface area contributed by atoms with Crippen LogP contribution in [0.2, 0.25) is 0 Å². The Bertz CT molecular complexity index is 580. The largest absolute Gasteiger partial charge is 0.355 e. The summed E-state index contributed by atoms with van der Waals surface area (Å²) in [5.74, 6) is 0.126. The molecule has 94 valence electrons. The molecular weight excluding hydrogens is 226 g/mol. The fourth-order valence-electron chi connectivity index (χ4n) is 2.06. The summed E-state index contributed by atoms with van der Waals surface area (Å²) in [5, 5.41) is 3.51. The third kappa shape index (κ3) is 2.07. The van der Waals surface area contributed by atoms with Gasteiger partial charge in [-0.25, -0.2) is 0 Å². The highest BCUT2D eigenvalue weighted by Gasteiger charge is 2.13. The van der Waals surface area contributed by atoms with E-state index in [0.717, 1.165) is 16.5 Å². The van der Waals surface area contributed by atoms with Crippen molar-refractivity contribution < 1.29 is 4.79 Å². The first-order chi connectivity index (χ1) is 8.69. The quantitative estimate of drug-likeness (QED) is 0.861. The molecule has 0 radical (unpaired) electrons. The molecule has 1 aromatic carbocycles. The summed E-state index contributed by atoms with van der Waals surface area (Å²) >= 11 is 0. The summed E-state index contributed by atoms with van der Waals surface area (Å²) in [6, 6.07) is 7.61. The van der Waals surface area contributed by atoms with Crippen LogP contribution in [0.3, 0.4) is 0 Å². The van der Waals surface area contributed by atoms with E-state index in [1.807, 2.05) is 18.2 Å². The molecule has 1 amide bonds. The molecule has 4 nitrogen and oxygen atoms in total. The van der Waals surface area contributed by atoms with Gasteiger partial charge in [0, 0.05) is 18.6 Å². The van der Waals surface area contributed by atoms with Gasteiger partial charge in [-0.1, -0.05) is 25.1 Å². The average molecular weight is 243 g/mol. The number of amides is 1. The third-order valence-corrected chi connectivity index (χ3v) is 3.16. The number of hydrogen-bond donors (Lipinski definition) is 2. The molecule has 0 spiro atoms. The number of aromatic nitrogens is 1. The van der Waals surface area contributed by atoms with E-state index in [1.165, 1.54) is 0 Å². The van der Waals surface area contributed by atoms with E-state index in [1.54, 1.807) is 19.3 Å². The van der Waals surface area contributed by atoms with Crippen molar-refractivity contribution in [2.24, 2.45) is 5.73 Å². The van der Waals surface area contributed by atoms with Gasteiger partial charge in [-0.2, -0.15) is 0 Å². The summed E-state index contributed by atoms with van der Waals surface area (Å²) in [5.41, 5.74) is 8.30. The Labute approximate surface area is 106 Å². The lowest BCUT2D eigenvalue weighted by molar-refractivity contribution is 0.0964. The second-order valence-electron chi connectivity index (χ2n) is 4.32. The second-order valence-corrected chi connectivity index (χ2v) is 4.32. The lowest BCUT2D eigenvalue weighted by Crippen LogP contribution is -2.18. The molecule has 2 rings (SSSR count). The van der Waals surface area contributed by atoms with Gasteiger partial charge in [-0.3, -0.25) is 9.78 Å². The van der Waals surface area contributed by atoms with Gasteiger partial charge in [0.05, 0.1) is 11.1 Å². The minimum atomic E-state index is -0.0973. The van der Waals surface area contributed by atoms with E-state index in [2.05, 4.69) is 17.2 Å². The van der Waals surface area contributed by atoms with Crippen molar-refractivity contribution in [3.8, 4) is 0 Å². The molecule has 0 bridgehead atoms. The third-order valence-electron chi connectivity index (χ3n) is 3.16. The molecule has 0 saturated heterocycles. The molecule has 2 aromatic rings. The molecule has 0 fully saturated rings. The molecule has 1 heterocycles. The molecule has 1 aromatic heterocycles. The van der Waals surface area contributed by atoms with Crippen molar-refractivity contribution in [1.29, 1.82) is 0 Å². The molecule has 0 aliphatic heterocycles. The Morgan fingerprint density at radius 2 is 2.22 bits per heavy atom. The van der Waals surface area contributed by atoms with Crippen LogP contribution in [0.1, 0.15) is 28.8 Å². The minimum absolute atomic E-state index is 0.0973. The maximum absolute atomic E-state index is 11.8. The van der Waals surface area contributed by atoms with E-state index in [9.17, 15) is 4.79 Å². The van der Waals surface area contributed by atoms with Gasteiger partial charge < -0.3 is 11.1 Å². The zero-order valence-corrected chi connectivity index (χ0v) is 10.6. The van der Waals surface area contributed by atoms with Crippen LogP contribution in [0.15, 0.2) is 30.5 Å². The van der Waals surface area contributed by atoms with Gasteiger partial charge in [0.25, 0.3) is 5.91 Å². The summed E-state index contributed by atoms with van der Waals surface area (Å²) in [7, 11) is 1.63. The molecule has 4 heteroatoms. The molecule has 1 atom stereocenters. The van der Waals surface area contributed by atoms with Gasteiger partial charge in [-0.05, 0) is 24.1 Å². The van der Waals surface area contributed by atoms with Gasteiger partial charge in [0.15, 0.2) is 0 Å². The Morgan fingerprint density at radius 1 is 1.44 bits per heavy atom. The first-order valence-electron chi connectivity index (χ1n) is 5.98. The zero-order chi connectivity index (χ0) is 13.1. The maximum Gasteiger partial charge on any atom is 0.251 e. The lowest BCUT2D eigenvalue weighted by atomic mass is 9.96. The summed E-state index contributed by atoms with van der Waals surface area (Å²) in [6.07, 6.45) is 1.67. The number of rotatable bonds is 3. The second kappa shape index (κ2) is 5.14. The molecule has 3 N–H and O–H groups in total. The maximum atomic E-state index is 11.8. The van der Waals surface area contributed by atoms with Crippen LogP contribution in [-0.2, 0) is 0 Å². The SMILES string of the molecule is CNC(=O)c1ccnc2c([C@H](C)CN)cccc12. The fraction of sp³-hybridized carbons (Fsp3) is 0.286. The molecule has 0 aliphatic carbocycles. The summed E-state index contributed by atoms with van der Waals surface area (Å²) in [6.45, 7) is 2.62. The van der Waals surface area contributed by atoms with Crippen molar-refractivity contribution >= 4 is 16.8 Å². The van der Waals surface area contributed by atoms with Crippen molar-refractivity contribution in [3.63, 3.8) is 0 Å². The van der Waals surface area contributed by atoms with Gasteiger partial charge in [-0.15, -0.1) is 0 Å². The monoisotopic (exact) mass is 243 g/mol. The van der Waals surface area contributed by atoms with Crippen LogP contribution in [-0.4, -0.2) is 24.5 Å². The first-order valence-corrected chi connectivity index (χ1v) is 5.98. The number of benzene rings is 1. The van der Waals surface area contributed by atoms with E-state index < -0.39 is 0 Å². The normalized spacial score (nSPS) is 12.4. The Morgan fingerprint density at radius 3 is 2.89 bits per heavy atom. The van der Waals surface area contributed by atoms with Gasteiger partial charge >= 0.3 is 0 Å². The van der Waals surface area contributed by atoms with Crippen molar-refractivity contribution in [3.05, 3.63) is 41.6 Å². The highest BCUT2D eigenvalue weighted by Crippen LogP contribution is 2.25. The number of carbonyl (C=O) groups is 1. The van der Waals surface area contributed by atoms with E-state index >= 15 is 0 Å². The number of para-hydroxylation sites is 1. The molecule has 0 saturated carbocycles. The summed E-state index contributed by atoms with van der Waals surface area (Å²) < 4.78 is 0. The predicted molar refractivity (Wildman–Crippen MR) is 72.6 cm³/mol. The Balaban J connectivity index is 2.69. The fourth-order valence-corrected chi connectivity index (χ4v) is 2.06. The number of nitrogens with two attached hydrogens (primary N) is 1. The van der Waals surface area contributed by atoms with E-state index in [0.29, 0.717) is 12.1 Å². The zero-order valence-electron chi connectivity index (χ0n) is 10.6. The van der Waals surface area contributed by atoms with Gasteiger partial charge in [0.2, 0.25) is 0 Å². The number of nitrogens with one attached hydrogen (secondary N) is 1. The van der Waals surface area contributed by atoms with E-state index in [-0.39, 0.29) is 11.8 Å². The first kappa shape index (κ1) is 12.5. The van der Waals surface area contributed by atoms with Crippen LogP contribution >= 0.6 is 0 Å². The number of hydrogen-bond acceptors (Lipinski definition) is 3. The van der Waals surface area contributed by atoms with Crippen LogP contribution in [0.4, 0.5) is 0 Å².